The molecule has 0 spiro atoms. The van der Waals surface area contributed by atoms with E-state index in [1.165, 1.54) is 0 Å². The highest BCUT2D eigenvalue weighted by molar-refractivity contribution is 5.09. The summed E-state index contributed by atoms with van der Waals surface area (Å²) in [6.07, 6.45) is -1.43. The van der Waals surface area contributed by atoms with E-state index < -0.39 is 6.43 Å². The van der Waals surface area contributed by atoms with Crippen molar-refractivity contribution in [1.82, 2.24) is 15.1 Å². The Hall–Kier alpha value is -0.970. The SMILES string of the molecule is CCc1cc(CNCC(F)F)n(C)n1. The molecule has 80 valence electrons. The summed E-state index contributed by atoms with van der Waals surface area (Å²) < 4.78 is 25.4. The highest BCUT2D eigenvalue weighted by atomic mass is 19.3. The fourth-order valence-corrected chi connectivity index (χ4v) is 1.22. The molecule has 0 aliphatic carbocycles. The first kappa shape index (κ1) is 11.1. The van der Waals surface area contributed by atoms with Crippen molar-refractivity contribution in [2.75, 3.05) is 6.54 Å². The minimum absolute atomic E-state index is 0.271. The predicted molar refractivity (Wildman–Crippen MR) is 50.3 cm³/mol. The quantitative estimate of drug-likeness (QED) is 0.782. The van der Waals surface area contributed by atoms with Gasteiger partial charge in [0.25, 0.3) is 6.43 Å². The fraction of sp³-hybridized carbons (Fsp3) is 0.667. The van der Waals surface area contributed by atoms with Gasteiger partial charge in [-0.2, -0.15) is 5.10 Å². The van der Waals surface area contributed by atoms with Crippen molar-refractivity contribution in [3.63, 3.8) is 0 Å². The topological polar surface area (TPSA) is 29.9 Å². The number of nitrogens with zero attached hydrogens (tertiary/aromatic N) is 2. The van der Waals surface area contributed by atoms with Crippen molar-refractivity contribution in [1.29, 1.82) is 0 Å². The molecule has 0 aliphatic heterocycles. The van der Waals surface area contributed by atoms with E-state index in [4.69, 9.17) is 0 Å². The monoisotopic (exact) mass is 203 g/mol. The molecule has 0 amide bonds. The van der Waals surface area contributed by atoms with E-state index in [0.717, 1.165) is 17.8 Å². The van der Waals surface area contributed by atoms with E-state index >= 15 is 0 Å². The molecule has 3 nitrogen and oxygen atoms in total. The minimum atomic E-state index is -2.30. The first-order chi connectivity index (χ1) is 6.63. The van der Waals surface area contributed by atoms with Crippen LogP contribution in [0.2, 0.25) is 0 Å². The number of halogens is 2. The largest absolute Gasteiger partial charge is 0.306 e. The third-order valence-corrected chi connectivity index (χ3v) is 1.99. The Morgan fingerprint density at radius 1 is 1.57 bits per heavy atom. The second kappa shape index (κ2) is 5.05. The van der Waals surface area contributed by atoms with Gasteiger partial charge >= 0.3 is 0 Å². The van der Waals surface area contributed by atoms with Gasteiger partial charge in [-0.25, -0.2) is 8.78 Å². The molecular formula is C9H15F2N3. The molecule has 0 saturated carbocycles. The third kappa shape index (κ3) is 3.06. The van der Waals surface area contributed by atoms with E-state index in [-0.39, 0.29) is 6.54 Å². The number of hydrogen-bond donors (Lipinski definition) is 1. The van der Waals surface area contributed by atoms with E-state index in [0.29, 0.717) is 6.54 Å². The molecule has 1 aromatic heterocycles. The van der Waals surface area contributed by atoms with Crippen LogP contribution in [-0.4, -0.2) is 22.8 Å². The average molecular weight is 203 g/mol. The van der Waals surface area contributed by atoms with Gasteiger partial charge in [0.2, 0.25) is 0 Å². The lowest BCUT2D eigenvalue weighted by Gasteiger charge is -2.03. The Kier molecular flexibility index (Phi) is 4.00. The van der Waals surface area contributed by atoms with Gasteiger partial charge in [0.15, 0.2) is 0 Å². The summed E-state index contributed by atoms with van der Waals surface area (Å²) in [4.78, 5) is 0. The van der Waals surface area contributed by atoms with Gasteiger partial charge in [-0.05, 0) is 12.5 Å². The molecule has 1 N–H and O–H groups in total. The molecule has 0 aliphatic rings. The van der Waals surface area contributed by atoms with Crippen molar-refractivity contribution in [3.8, 4) is 0 Å². The lowest BCUT2D eigenvalue weighted by molar-refractivity contribution is 0.145. The van der Waals surface area contributed by atoms with Crippen molar-refractivity contribution in [2.45, 2.75) is 26.3 Å². The lowest BCUT2D eigenvalue weighted by Crippen LogP contribution is -2.21. The number of hydrogen-bond acceptors (Lipinski definition) is 2. The van der Waals surface area contributed by atoms with Crippen LogP contribution < -0.4 is 5.32 Å². The minimum Gasteiger partial charge on any atom is -0.306 e. The molecule has 0 atom stereocenters. The summed E-state index contributed by atoms with van der Waals surface area (Å²) >= 11 is 0. The Labute approximate surface area is 82.1 Å². The Morgan fingerprint density at radius 3 is 2.79 bits per heavy atom. The Bertz CT molecular complexity index is 284. The summed E-state index contributed by atoms with van der Waals surface area (Å²) in [5, 5.41) is 6.88. The third-order valence-electron chi connectivity index (χ3n) is 1.99. The number of aromatic nitrogens is 2. The number of rotatable bonds is 5. The van der Waals surface area contributed by atoms with E-state index in [1.807, 2.05) is 20.0 Å². The lowest BCUT2D eigenvalue weighted by atomic mass is 10.3. The summed E-state index contributed by atoms with van der Waals surface area (Å²) in [5.41, 5.74) is 1.92. The first-order valence-corrected chi connectivity index (χ1v) is 4.64. The summed E-state index contributed by atoms with van der Waals surface area (Å²) in [7, 11) is 1.82. The van der Waals surface area contributed by atoms with Crippen molar-refractivity contribution in [3.05, 3.63) is 17.5 Å². The van der Waals surface area contributed by atoms with Crippen molar-refractivity contribution >= 4 is 0 Å². The summed E-state index contributed by atoms with van der Waals surface area (Å²) in [6, 6.07) is 1.93. The summed E-state index contributed by atoms with van der Waals surface area (Å²) in [6.45, 7) is 2.18. The van der Waals surface area contributed by atoms with Gasteiger partial charge in [-0.15, -0.1) is 0 Å². The van der Waals surface area contributed by atoms with Gasteiger partial charge in [-0.1, -0.05) is 6.92 Å². The first-order valence-electron chi connectivity index (χ1n) is 4.64. The second-order valence-corrected chi connectivity index (χ2v) is 3.13. The van der Waals surface area contributed by atoms with Crippen LogP contribution in [0.25, 0.3) is 0 Å². The van der Waals surface area contributed by atoms with Gasteiger partial charge in [-0.3, -0.25) is 4.68 Å². The zero-order valence-corrected chi connectivity index (χ0v) is 8.43. The van der Waals surface area contributed by atoms with E-state index in [9.17, 15) is 8.78 Å². The maximum atomic E-state index is 11.8. The van der Waals surface area contributed by atoms with Gasteiger partial charge in [0.1, 0.15) is 0 Å². The molecule has 14 heavy (non-hydrogen) atoms. The smallest absolute Gasteiger partial charge is 0.250 e. The van der Waals surface area contributed by atoms with Crippen LogP contribution in [0.1, 0.15) is 18.3 Å². The van der Waals surface area contributed by atoms with Gasteiger partial charge in [0, 0.05) is 13.6 Å². The molecular weight excluding hydrogens is 188 g/mol. The van der Waals surface area contributed by atoms with Crippen LogP contribution in [0, 0.1) is 0 Å². The maximum absolute atomic E-state index is 11.8. The van der Waals surface area contributed by atoms with Gasteiger partial charge in [0.05, 0.1) is 17.9 Å². The molecule has 0 saturated heterocycles. The normalized spacial score (nSPS) is 11.2. The van der Waals surface area contributed by atoms with Crippen LogP contribution in [0.4, 0.5) is 8.78 Å². The maximum Gasteiger partial charge on any atom is 0.250 e. The molecule has 0 radical (unpaired) electrons. The molecule has 0 bridgehead atoms. The summed E-state index contributed by atoms with van der Waals surface area (Å²) in [5.74, 6) is 0. The highest BCUT2D eigenvalue weighted by Crippen LogP contribution is 2.03. The standard InChI is InChI=1S/C9H15F2N3/c1-3-7-4-8(14(2)13-7)5-12-6-9(10)11/h4,9,12H,3,5-6H2,1-2H3. The molecule has 1 rings (SSSR count). The molecule has 0 fully saturated rings. The van der Waals surface area contributed by atoms with E-state index in [1.54, 1.807) is 4.68 Å². The molecule has 5 heteroatoms. The van der Waals surface area contributed by atoms with Crippen LogP contribution in [0.3, 0.4) is 0 Å². The van der Waals surface area contributed by atoms with Gasteiger partial charge < -0.3 is 5.32 Å². The van der Waals surface area contributed by atoms with Crippen LogP contribution in [-0.2, 0) is 20.0 Å². The number of aryl methyl sites for hydroxylation is 2. The van der Waals surface area contributed by atoms with E-state index in [2.05, 4.69) is 10.4 Å². The number of alkyl halides is 2. The molecule has 1 aromatic rings. The number of nitrogens with one attached hydrogen (secondary N) is 1. The fourth-order valence-electron chi connectivity index (χ4n) is 1.22. The Morgan fingerprint density at radius 2 is 2.29 bits per heavy atom. The molecule has 0 unspecified atom stereocenters. The zero-order chi connectivity index (χ0) is 10.6. The van der Waals surface area contributed by atoms with Crippen LogP contribution in [0.5, 0.6) is 0 Å². The highest BCUT2D eigenvalue weighted by Gasteiger charge is 2.05. The van der Waals surface area contributed by atoms with Crippen molar-refractivity contribution < 1.29 is 8.78 Å². The average Bonchev–Trinajstić information content (AvgIpc) is 2.47. The van der Waals surface area contributed by atoms with Crippen LogP contribution in [0.15, 0.2) is 6.07 Å². The second-order valence-electron chi connectivity index (χ2n) is 3.13. The Balaban J connectivity index is 2.45. The van der Waals surface area contributed by atoms with Crippen LogP contribution >= 0.6 is 0 Å². The van der Waals surface area contributed by atoms with Crippen molar-refractivity contribution in [2.24, 2.45) is 7.05 Å². The molecule has 0 aromatic carbocycles. The molecule has 1 heterocycles. The predicted octanol–water partition coefficient (Wildman–Crippen LogP) is 1.34. The zero-order valence-electron chi connectivity index (χ0n) is 8.43.